The van der Waals surface area contributed by atoms with Gasteiger partial charge in [-0.1, -0.05) is 106 Å². The number of hydrogen-bond acceptors (Lipinski definition) is 6. The summed E-state index contributed by atoms with van der Waals surface area (Å²) < 4.78 is 23.3. The van der Waals surface area contributed by atoms with Gasteiger partial charge in [-0.05, 0) is 73.3 Å². The van der Waals surface area contributed by atoms with E-state index in [0.717, 1.165) is 86.2 Å². The third kappa shape index (κ3) is 12.1. The van der Waals surface area contributed by atoms with Gasteiger partial charge in [-0.3, -0.25) is 0 Å². The minimum Gasteiger partial charge on any atom is -0.497 e. The summed E-state index contributed by atoms with van der Waals surface area (Å²) >= 11 is 3.42. The summed E-state index contributed by atoms with van der Waals surface area (Å²) in [6, 6.07) is 32.6. The van der Waals surface area contributed by atoms with Crippen molar-refractivity contribution in [2.75, 3.05) is 14.2 Å². The summed E-state index contributed by atoms with van der Waals surface area (Å²) in [4.78, 5) is 0. The number of ether oxygens (including phenoxy) is 2. The van der Waals surface area contributed by atoms with Gasteiger partial charge in [-0.15, -0.1) is 0 Å². The Hall–Kier alpha value is -3.98. The number of fused-ring (bicyclic) bond motifs is 2. The lowest BCUT2D eigenvalue weighted by atomic mass is 9.84. The van der Waals surface area contributed by atoms with E-state index in [1.165, 1.54) is 24.8 Å². The molecule has 0 amide bonds. The maximum atomic E-state index is 8.33. The second-order valence-electron chi connectivity index (χ2n) is 11.7. The first-order valence-corrected chi connectivity index (χ1v) is 17.5. The van der Waals surface area contributed by atoms with Crippen LogP contribution in [0.15, 0.2) is 110 Å². The van der Waals surface area contributed by atoms with Crippen LogP contribution in [0.2, 0.25) is 6.32 Å². The van der Waals surface area contributed by atoms with Crippen molar-refractivity contribution in [2.45, 2.75) is 72.5 Å². The SMILES string of the molecule is C.CCCCCB(O)O.CCCCCc1ccc(-c2cc3ccc(OC)cc3o2)cc1.COc1ccc2cc(-c3ccc(Br)cc3)oc2c1. The molecule has 0 bridgehead atoms. The topological polar surface area (TPSA) is 85.2 Å². The number of rotatable bonds is 12. The molecule has 0 spiro atoms. The molecular weight excluding hydrogens is 679 g/mol. The fourth-order valence-electron chi connectivity index (χ4n) is 5.17. The molecule has 6 nitrogen and oxygen atoms in total. The average Bonchev–Trinajstić information content (AvgIpc) is 3.73. The minimum atomic E-state index is -1.10. The molecule has 8 heteroatoms. The van der Waals surface area contributed by atoms with Gasteiger partial charge in [0.25, 0.3) is 0 Å². The molecule has 0 atom stereocenters. The number of hydrogen-bond donors (Lipinski definition) is 2. The van der Waals surface area contributed by atoms with Crippen molar-refractivity contribution in [1.82, 2.24) is 0 Å². The van der Waals surface area contributed by atoms with E-state index in [-0.39, 0.29) is 7.43 Å². The van der Waals surface area contributed by atoms with E-state index in [1.54, 1.807) is 14.2 Å². The molecule has 2 N–H and O–H groups in total. The molecule has 4 aromatic carbocycles. The van der Waals surface area contributed by atoms with E-state index in [2.05, 4.69) is 60.1 Å². The second kappa shape index (κ2) is 20.5. The van der Waals surface area contributed by atoms with Gasteiger partial charge < -0.3 is 28.4 Å². The number of furan rings is 2. The fourth-order valence-corrected chi connectivity index (χ4v) is 5.43. The number of unbranched alkanes of at least 4 members (excludes halogenated alkanes) is 4. The fraction of sp³-hybridized carbons (Fsp3) is 0.317. The Morgan fingerprint density at radius 3 is 1.53 bits per heavy atom. The lowest BCUT2D eigenvalue weighted by molar-refractivity contribution is 0.402. The van der Waals surface area contributed by atoms with Gasteiger partial charge in [0.15, 0.2) is 0 Å². The maximum Gasteiger partial charge on any atom is 0.451 e. The van der Waals surface area contributed by atoms with Crippen LogP contribution in [0, 0.1) is 0 Å². The van der Waals surface area contributed by atoms with Crippen LogP contribution in [0.4, 0.5) is 0 Å². The summed E-state index contributed by atoms with van der Waals surface area (Å²) in [5, 5.41) is 18.8. The van der Waals surface area contributed by atoms with Gasteiger partial charge in [0.1, 0.15) is 34.2 Å². The molecule has 0 saturated heterocycles. The van der Waals surface area contributed by atoms with E-state index < -0.39 is 7.12 Å². The van der Waals surface area contributed by atoms with Crippen LogP contribution in [0.1, 0.15) is 65.4 Å². The first kappa shape index (κ1) is 39.5. The molecule has 260 valence electrons. The summed E-state index contributed by atoms with van der Waals surface area (Å²) in [5.74, 6) is 3.40. The van der Waals surface area contributed by atoms with Crippen molar-refractivity contribution in [3.8, 4) is 34.1 Å². The van der Waals surface area contributed by atoms with Gasteiger partial charge in [0.05, 0.1) is 14.2 Å². The van der Waals surface area contributed by atoms with Crippen LogP contribution in [0.25, 0.3) is 44.6 Å². The number of halogens is 1. The largest absolute Gasteiger partial charge is 0.497 e. The molecule has 49 heavy (non-hydrogen) atoms. The molecule has 0 aliphatic heterocycles. The molecule has 0 radical (unpaired) electrons. The van der Waals surface area contributed by atoms with Crippen molar-refractivity contribution in [3.05, 3.63) is 107 Å². The molecule has 0 aliphatic rings. The van der Waals surface area contributed by atoms with Crippen LogP contribution >= 0.6 is 15.9 Å². The first-order chi connectivity index (χ1) is 23.3. The van der Waals surface area contributed by atoms with Crippen molar-refractivity contribution in [1.29, 1.82) is 0 Å². The molecule has 0 saturated carbocycles. The van der Waals surface area contributed by atoms with E-state index in [1.807, 2.05) is 66.7 Å². The predicted molar refractivity (Wildman–Crippen MR) is 209 cm³/mol. The highest BCUT2D eigenvalue weighted by Crippen LogP contribution is 2.32. The Morgan fingerprint density at radius 1 is 0.612 bits per heavy atom. The Bertz CT molecular complexity index is 1810. The summed E-state index contributed by atoms with van der Waals surface area (Å²) in [5.41, 5.74) is 5.28. The smallest absolute Gasteiger partial charge is 0.451 e. The summed E-state index contributed by atoms with van der Waals surface area (Å²) in [6.07, 6.45) is 8.66. The molecule has 0 fully saturated rings. The van der Waals surface area contributed by atoms with Crippen molar-refractivity contribution in [2.24, 2.45) is 0 Å². The predicted octanol–water partition coefficient (Wildman–Crippen LogP) is 12.0. The number of methoxy groups -OCH3 is 2. The lowest BCUT2D eigenvalue weighted by Crippen LogP contribution is -2.09. The molecular formula is C41H50BBrO6. The zero-order valence-electron chi connectivity index (χ0n) is 28.4. The van der Waals surface area contributed by atoms with Gasteiger partial charge in [-0.25, -0.2) is 0 Å². The molecule has 2 aromatic heterocycles. The van der Waals surface area contributed by atoms with Crippen LogP contribution < -0.4 is 9.47 Å². The minimum absolute atomic E-state index is 0. The van der Waals surface area contributed by atoms with Crippen molar-refractivity contribution in [3.63, 3.8) is 0 Å². The van der Waals surface area contributed by atoms with E-state index in [0.29, 0.717) is 6.32 Å². The van der Waals surface area contributed by atoms with Gasteiger partial charge >= 0.3 is 7.12 Å². The highest BCUT2D eigenvalue weighted by Gasteiger charge is 2.09. The van der Waals surface area contributed by atoms with Crippen LogP contribution in [-0.4, -0.2) is 31.4 Å². The normalized spacial score (nSPS) is 10.4. The third-order valence-electron chi connectivity index (χ3n) is 7.96. The standard InChI is InChI=1S/C20H22O2.C15H11BrO2.C5H13BO2.CH4/c1-3-4-5-6-15-7-9-16(10-8-15)19-13-17-11-12-18(21-2)14-20(17)22-19;1-17-13-7-4-11-8-14(18-15(11)9-13)10-2-5-12(16)6-3-10;1-2-3-4-5-6(7)8;/h7-14H,3-6H2,1-2H3;2-9H,1H3;7-8H,2-5H2,1H3;1H4. The first-order valence-electron chi connectivity index (χ1n) is 16.7. The summed E-state index contributed by atoms with van der Waals surface area (Å²) in [6.45, 7) is 4.32. The highest BCUT2D eigenvalue weighted by atomic mass is 79.9. The Kier molecular flexibility index (Phi) is 16.5. The monoisotopic (exact) mass is 728 g/mol. The Labute approximate surface area is 300 Å². The van der Waals surface area contributed by atoms with Crippen LogP contribution in [0.3, 0.4) is 0 Å². The molecule has 6 rings (SSSR count). The summed E-state index contributed by atoms with van der Waals surface area (Å²) in [7, 11) is 2.23. The van der Waals surface area contributed by atoms with E-state index in [9.17, 15) is 0 Å². The molecule has 0 unspecified atom stereocenters. The van der Waals surface area contributed by atoms with Gasteiger partial charge in [0, 0.05) is 38.5 Å². The average molecular weight is 730 g/mol. The van der Waals surface area contributed by atoms with Gasteiger partial charge in [-0.2, -0.15) is 0 Å². The van der Waals surface area contributed by atoms with E-state index in [4.69, 9.17) is 28.4 Å². The zero-order chi connectivity index (χ0) is 34.3. The van der Waals surface area contributed by atoms with Crippen LogP contribution in [0.5, 0.6) is 11.5 Å². The molecule has 2 heterocycles. The lowest BCUT2D eigenvalue weighted by Gasteiger charge is -2.02. The van der Waals surface area contributed by atoms with E-state index >= 15 is 0 Å². The molecule has 6 aromatic rings. The number of aryl methyl sites for hydroxylation is 1. The third-order valence-corrected chi connectivity index (χ3v) is 8.49. The highest BCUT2D eigenvalue weighted by molar-refractivity contribution is 9.10. The second-order valence-corrected chi connectivity index (χ2v) is 12.6. The van der Waals surface area contributed by atoms with Crippen LogP contribution in [-0.2, 0) is 6.42 Å². The van der Waals surface area contributed by atoms with Crippen molar-refractivity contribution >= 4 is 45.0 Å². The molecule has 0 aliphatic carbocycles. The zero-order valence-corrected chi connectivity index (χ0v) is 30.0. The Balaban J connectivity index is 0.000000217. The Morgan fingerprint density at radius 2 is 1.08 bits per heavy atom. The van der Waals surface area contributed by atoms with Gasteiger partial charge in [0.2, 0.25) is 0 Å². The number of benzene rings is 4. The van der Waals surface area contributed by atoms with Crippen molar-refractivity contribution < 1.29 is 28.4 Å². The quantitative estimate of drug-likeness (QED) is 0.0964. The maximum absolute atomic E-state index is 8.33.